The maximum absolute atomic E-state index is 8.60. The van der Waals surface area contributed by atoms with Crippen molar-refractivity contribution in [1.82, 2.24) is 0 Å². The van der Waals surface area contributed by atoms with E-state index in [-0.39, 0.29) is 56.4 Å². The summed E-state index contributed by atoms with van der Waals surface area (Å²) < 4.78 is 25.8. The van der Waals surface area contributed by atoms with Gasteiger partial charge in [-0.1, -0.05) is 0 Å². The van der Waals surface area contributed by atoms with Gasteiger partial charge >= 0.3 is 28.1 Å². The molecule has 7 heavy (non-hydrogen) atoms. The number of hydrogen-bond donors (Lipinski definition) is 0. The molecule has 3 nitrogen and oxygen atoms in total. The van der Waals surface area contributed by atoms with Gasteiger partial charge in [-0.25, -0.2) is 0 Å². The minimum atomic E-state index is -4.20. The molecule has 0 spiro atoms. The second kappa shape index (κ2) is 15.7. The van der Waals surface area contributed by atoms with Crippen LogP contribution in [0.2, 0.25) is 0 Å². The van der Waals surface area contributed by atoms with Crippen LogP contribution in [-0.2, 0) is 67.2 Å². The van der Waals surface area contributed by atoms with E-state index >= 15 is 0 Å². The Morgan fingerprint density at radius 2 is 1.00 bits per heavy atom. The second-order valence-electron chi connectivity index (χ2n) is 0.224. The van der Waals surface area contributed by atoms with Crippen molar-refractivity contribution in [1.29, 1.82) is 0 Å². The van der Waals surface area contributed by atoms with Gasteiger partial charge in [-0.15, -0.1) is 0 Å². The van der Waals surface area contributed by atoms with E-state index in [4.69, 9.17) is 9.75 Å². The van der Waals surface area contributed by atoms with Crippen LogP contribution < -0.4 is 0 Å². The second-order valence-corrected chi connectivity index (χ2v) is 1.32. The predicted molar refractivity (Wildman–Crippen MR) is 12.0 cm³/mol. The van der Waals surface area contributed by atoms with E-state index in [1.165, 1.54) is 0 Å². The first-order valence-corrected chi connectivity index (χ1v) is 3.24. The number of rotatable bonds is 0. The molecular weight excluding hydrogens is 268 g/mol. The summed E-state index contributed by atoms with van der Waals surface area (Å²) in [5, 5.41) is 0. The molecule has 0 radical (unpaired) electrons. The topological polar surface area (TPSA) is 51.2 Å². The molecule has 0 atom stereocenters. The molecule has 7 heteroatoms. The average molecular weight is 271 g/mol. The molecular formula is H3AlCrNbO3Ti. The first kappa shape index (κ1) is 23.1. The Balaban J connectivity index is -0.0000000150. The summed E-state index contributed by atoms with van der Waals surface area (Å²) in [6.45, 7) is 0. The summed E-state index contributed by atoms with van der Waals surface area (Å²) in [6.07, 6.45) is 0. The molecule has 0 aromatic rings. The maximum atomic E-state index is 8.60. The van der Waals surface area contributed by atoms with Gasteiger partial charge in [0.1, 0.15) is 0 Å². The predicted octanol–water partition coefficient (Wildman–Crippen LogP) is -1.55. The zero-order valence-corrected chi connectivity index (χ0v) is 7.62. The molecule has 0 aromatic carbocycles. The smallest absolute Gasteiger partial charge is 0 e. The molecule has 0 saturated carbocycles. The van der Waals surface area contributed by atoms with Crippen LogP contribution in [0.3, 0.4) is 0 Å². The van der Waals surface area contributed by atoms with Crippen molar-refractivity contribution in [2.75, 3.05) is 0 Å². The summed E-state index contributed by atoms with van der Waals surface area (Å²) in [5.74, 6) is 0. The van der Waals surface area contributed by atoms with Crippen molar-refractivity contribution in [3.63, 3.8) is 0 Å². The van der Waals surface area contributed by atoms with Gasteiger partial charge in [0.15, 0.2) is 17.4 Å². The summed E-state index contributed by atoms with van der Waals surface area (Å²) in [4.78, 5) is 0. The molecule has 0 heterocycles. The van der Waals surface area contributed by atoms with E-state index in [0.29, 0.717) is 0 Å². The summed E-state index contributed by atoms with van der Waals surface area (Å²) in [5.41, 5.74) is 0. The van der Waals surface area contributed by atoms with Gasteiger partial charge in [0.05, 0.1) is 0 Å². The Kier molecular flexibility index (Phi) is 51.7. The molecule has 0 aliphatic carbocycles. The summed E-state index contributed by atoms with van der Waals surface area (Å²) >= 11 is -4.20. The van der Waals surface area contributed by atoms with E-state index in [1.807, 2.05) is 0 Å². The van der Waals surface area contributed by atoms with Crippen LogP contribution in [0.25, 0.3) is 0 Å². The first-order valence-electron chi connectivity index (χ1n) is 0.548. The monoisotopic (exact) mass is 271 g/mol. The largest absolute Gasteiger partial charge is 0 e. The maximum Gasteiger partial charge on any atom is 0 e. The molecule has 0 bridgehead atoms. The van der Waals surface area contributed by atoms with Crippen LogP contribution in [0.1, 0.15) is 0 Å². The first-order chi connectivity index (χ1) is 1.73. The van der Waals surface area contributed by atoms with Crippen molar-refractivity contribution in [2.45, 2.75) is 0 Å². The van der Waals surface area contributed by atoms with E-state index in [2.05, 4.69) is 0 Å². The van der Waals surface area contributed by atoms with Crippen LogP contribution in [0.15, 0.2) is 0 Å². The van der Waals surface area contributed by atoms with Crippen molar-refractivity contribution < 1.29 is 67.2 Å². The van der Waals surface area contributed by atoms with Crippen molar-refractivity contribution in [3.05, 3.63) is 0 Å². The fraction of sp³-hybridized carbons (Fsp3) is 0. The van der Waals surface area contributed by atoms with Crippen LogP contribution in [0, 0.1) is 0 Å². The molecule has 0 aliphatic heterocycles. The van der Waals surface area contributed by atoms with E-state index in [1.54, 1.807) is 0 Å². The molecule has 0 aromatic heterocycles. The van der Waals surface area contributed by atoms with Crippen LogP contribution in [0.5, 0.6) is 0 Å². The standard InChI is InChI=1S/Al.Cr.Nb.3O.Ti.3H. The zero-order valence-electron chi connectivity index (χ0n) is 2.58. The fourth-order valence-corrected chi connectivity index (χ4v) is 0. The Morgan fingerprint density at radius 1 is 1.00 bits per heavy atom. The van der Waals surface area contributed by atoms with Gasteiger partial charge in [0.2, 0.25) is 0 Å². The zero-order chi connectivity index (χ0) is 3.58. The summed E-state index contributed by atoms with van der Waals surface area (Å²) in [7, 11) is 0. The van der Waals surface area contributed by atoms with Gasteiger partial charge < -0.3 is 0 Å². The molecule has 0 rings (SSSR count). The Labute approximate surface area is 83.5 Å². The fourth-order valence-electron chi connectivity index (χ4n) is 0. The van der Waals surface area contributed by atoms with E-state index in [0.717, 1.165) is 0 Å². The molecule has 0 fully saturated rings. The Hall–Kier alpha value is 1.92. The minimum Gasteiger partial charge on any atom is 0 e. The van der Waals surface area contributed by atoms with Crippen molar-refractivity contribution in [3.8, 4) is 0 Å². The van der Waals surface area contributed by atoms with Gasteiger partial charge in [-0.05, 0) is 0 Å². The van der Waals surface area contributed by atoms with E-state index in [9.17, 15) is 0 Å². The Morgan fingerprint density at radius 3 is 1.00 bits per heavy atom. The average Bonchev–Trinajstić information content (AvgIpc) is 0.811. The van der Waals surface area contributed by atoms with Gasteiger partial charge in [0, 0.05) is 39.1 Å². The molecule has 39 valence electrons. The normalized spacial score (nSPS) is 3.43. The molecule has 0 saturated heterocycles. The van der Waals surface area contributed by atoms with Crippen molar-refractivity contribution in [2.24, 2.45) is 0 Å². The van der Waals surface area contributed by atoms with E-state index < -0.39 is 18.4 Å². The Bertz CT molecular complexity index is 84.3. The van der Waals surface area contributed by atoms with Gasteiger partial charge in [0.25, 0.3) is 0 Å². The van der Waals surface area contributed by atoms with Gasteiger partial charge in [-0.3, -0.25) is 0 Å². The molecule has 0 N–H and O–H groups in total. The van der Waals surface area contributed by atoms with Crippen LogP contribution in [-0.4, -0.2) is 17.4 Å². The third-order valence-corrected chi connectivity index (χ3v) is 0. The van der Waals surface area contributed by atoms with Crippen LogP contribution >= 0.6 is 0 Å². The third-order valence-electron chi connectivity index (χ3n) is 0. The quantitative estimate of drug-likeness (QED) is 0.501. The molecule has 0 aliphatic rings. The summed E-state index contributed by atoms with van der Waals surface area (Å²) in [6, 6.07) is 0. The molecule has 0 amide bonds. The SMILES string of the molecule is [AlH3].[Cr].[O]=[Nb](=[O])=[O].[Ti]. The number of hydrogen-bond acceptors (Lipinski definition) is 3. The third kappa shape index (κ3) is 75.3. The van der Waals surface area contributed by atoms with Crippen LogP contribution in [0.4, 0.5) is 0 Å². The minimum absolute atomic E-state index is 0. The van der Waals surface area contributed by atoms with Crippen molar-refractivity contribution >= 4 is 17.4 Å². The van der Waals surface area contributed by atoms with Gasteiger partial charge in [-0.2, -0.15) is 0 Å². The molecule has 0 unspecified atom stereocenters.